The zero-order valence-electron chi connectivity index (χ0n) is 12.3. The molecule has 1 amide bonds. The van der Waals surface area contributed by atoms with Crippen LogP contribution in [0.4, 0.5) is 5.69 Å². The highest BCUT2D eigenvalue weighted by atomic mass is 32.1. The number of hydrogen-bond donors (Lipinski definition) is 2. The van der Waals surface area contributed by atoms with Gasteiger partial charge in [-0.25, -0.2) is 4.98 Å². The largest absolute Gasteiger partial charge is 0.497 e. The Morgan fingerprint density at radius 3 is 2.67 bits per heavy atom. The first-order valence-corrected chi connectivity index (χ1v) is 7.49. The van der Waals surface area contributed by atoms with E-state index in [9.17, 15) is 4.79 Å². The number of hydrogen-bond acceptors (Lipinski definition) is 5. The maximum absolute atomic E-state index is 11.9. The molecule has 0 radical (unpaired) electrons. The Hall–Kier alpha value is -1.92. The van der Waals surface area contributed by atoms with Gasteiger partial charge in [0.05, 0.1) is 19.7 Å². The van der Waals surface area contributed by atoms with Gasteiger partial charge in [-0.15, -0.1) is 11.3 Å². The fraction of sp³-hybridized carbons (Fsp3) is 0.333. The van der Waals surface area contributed by atoms with Crippen LogP contribution in [-0.4, -0.2) is 24.5 Å². The highest BCUT2D eigenvalue weighted by Crippen LogP contribution is 2.18. The molecule has 1 unspecified atom stereocenters. The number of anilines is 1. The van der Waals surface area contributed by atoms with E-state index in [-0.39, 0.29) is 18.5 Å². The van der Waals surface area contributed by atoms with E-state index >= 15 is 0 Å². The highest BCUT2D eigenvalue weighted by molar-refractivity contribution is 7.11. The van der Waals surface area contributed by atoms with Crippen molar-refractivity contribution in [2.24, 2.45) is 0 Å². The summed E-state index contributed by atoms with van der Waals surface area (Å²) >= 11 is 1.64. The first-order chi connectivity index (χ1) is 10.1. The summed E-state index contributed by atoms with van der Waals surface area (Å²) in [5.41, 5.74) is 0.750. The molecule has 2 N–H and O–H groups in total. The topological polar surface area (TPSA) is 63.2 Å². The van der Waals surface area contributed by atoms with E-state index in [1.807, 2.05) is 44.3 Å². The van der Waals surface area contributed by atoms with Crippen LogP contribution in [0.2, 0.25) is 0 Å². The van der Waals surface area contributed by atoms with E-state index in [2.05, 4.69) is 15.6 Å². The summed E-state index contributed by atoms with van der Waals surface area (Å²) in [6.45, 7) is 4.26. The van der Waals surface area contributed by atoms with E-state index in [0.29, 0.717) is 0 Å². The van der Waals surface area contributed by atoms with Gasteiger partial charge in [0.1, 0.15) is 10.8 Å². The molecule has 112 valence electrons. The van der Waals surface area contributed by atoms with Gasteiger partial charge < -0.3 is 10.1 Å². The van der Waals surface area contributed by atoms with Crippen molar-refractivity contribution in [1.29, 1.82) is 0 Å². The van der Waals surface area contributed by atoms with Crippen LogP contribution in [0.25, 0.3) is 0 Å². The summed E-state index contributed by atoms with van der Waals surface area (Å²) in [4.78, 5) is 17.4. The Balaban J connectivity index is 1.81. The number of ether oxygens (including phenoxy) is 1. The average Bonchev–Trinajstić information content (AvgIpc) is 2.92. The number of carbonyl (C=O) groups is 1. The number of amides is 1. The summed E-state index contributed by atoms with van der Waals surface area (Å²) in [5.74, 6) is 0.680. The third-order valence-electron chi connectivity index (χ3n) is 2.95. The SMILES string of the molecule is COc1ccc(NC(=O)CNC(C)c2ncc(C)s2)cc1. The molecule has 21 heavy (non-hydrogen) atoms. The zero-order chi connectivity index (χ0) is 15.2. The zero-order valence-corrected chi connectivity index (χ0v) is 13.2. The van der Waals surface area contributed by atoms with Gasteiger partial charge in [-0.1, -0.05) is 0 Å². The minimum absolute atomic E-state index is 0.0605. The minimum Gasteiger partial charge on any atom is -0.497 e. The van der Waals surface area contributed by atoms with Gasteiger partial charge in [0.2, 0.25) is 5.91 Å². The molecule has 0 aliphatic carbocycles. The predicted molar refractivity (Wildman–Crippen MR) is 84.9 cm³/mol. The van der Waals surface area contributed by atoms with Crippen LogP contribution in [0.15, 0.2) is 30.5 Å². The summed E-state index contributed by atoms with van der Waals surface area (Å²) in [5, 5.41) is 6.99. The van der Waals surface area contributed by atoms with E-state index in [4.69, 9.17) is 4.74 Å². The van der Waals surface area contributed by atoms with Gasteiger partial charge >= 0.3 is 0 Å². The van der Waals surface area contributed by atoms with Crippen molar-refractivity contribution < 1.29 is 9.53 Å². The number of carbonyl (C=O) groups excluding carboxylic acids is 1. The van der Waals surface area contributed by atoms with Gasteiger partial charge in [0, 0.05) is 16.8 Å². The molecule has 0 saturated carbocycles. The third-order valence-corrected chi connectivity index (χ3v) is 4.05. The summed E-state index contributed by atoms with van der Waals surface area (Å²) in [6, 6.07) is 7.30. The first kappa shape index (κ1) is 15.5. The van der Waals surface area contributed by atoms with Gasteiger partial charge in [0.15, 0.2) is 0 Å². The van der Waals surface area contributed by atoms with Crippen molar-refractivity contribution in [2.75, 3.05) is 19.0 Å². The Bertz CT molecular complexity index is 595. The van der Waals surface area contributed by atoms with Crippen LogP contribution in [0, 0.1) is 6.92 Å². The number of thiazole rings is 1. The molecular formula is C15H19N3O2S. The van der Waals surface area contributed by atoms with E-state index in [1.165, 1.54) is 4.88 Å². The van der Waals surface area contributed by atoms with Crippen LogP contribution in [0.5, 0.6) is 5.75 Å². The molecule has 0 aliphatic rings. The van der Waals surface area contributed by atoms with Crippen molar-refractivity contribution in [1.82, 2.24) is 10.3 Å². The van der Waals surface area contributed by atoms with Crippen LogP contribution < -0.4 is 15.4 Å². The van der Waals surface area contributed by atoms with Crippen molar-refractivity contribution >= 4 is 22.9 Å². The van der Waals surface area contributed by atoms with Crippen LogP contribution in [0.1, 0.15) is 22.9 Å². The number of aryl methyl sites for hydroxylation is 1. The molecule has 2 rings (SSSR count). The molecule has 0 spiro atoms. The summed E-state index contributed by atoms with van der Waals surface area (Å²) in [7, 11) is 1.61. The summed E-state index contributed by atoms with van der Waals surface area (Å²) in [6.07, 6.45) is 1.84. The van der Waals surface area contributed by atoms with E-state index < -0.39 is 0 Å². The fourth-order valence-corrected chi connectivity index (χ4v) is 2.59. The molecule has 0 fully saturated rings. The summed E-state index contributed by atoms with van der Waals surface area (Å²) < 4.78 is 5.07. The second-order valence-corrected chi connectivity index (χ2v) is 5.95. The number of methoxy groups -OCH3 is 1. The maximum Gasteiger partial charge on any atom is 0.238 e. The maximum atomic E-state index is 11.9. The first-order valence-electron chi connectivity index (χ1n) is 6.68. The monoisotopic (exact) mass is 305 g/mol. The average molecular weight is 305 g/mol. The lowest BCUT2D eigenvalue weighted by Gasteiger charge is -2.11. The molecule has 1 atom stereocenters. The van der Waals surface area contributed by atoms with E-state index in [0.717, 1.165) is 16.4 Å². The molecule has 6 heteroatoms. The Labute approximate surface area is 128 Å². The van der Waals surface area contributed by atoms with Crippen LogP contribution in [-0.2, 0) is 4.79 Å². The van der Waals surface area contributed by atoms with Crippen LogP contribution >= 0.6 is 11.3 Å². The molecule has 1 aromatic heterocycles. The Kier molecular flexibility index (Phi) is 5.30. The lowest BCUT2D eigenvalue weighted by atomic mass is 10.3. The Morgan fingerprint density at radius 2 is 2.10 bits per heavy atom. The predicted octanol–water partition coefficient (Wildman–Crippen LogP) is 2.75. The minimum atomic E-state index is -0.0831. The standard InChI is InChI=1S/C15H19N3O2S/c1-10-8-17-15(21-10)11(2)16-9-14(19)18-12-4-6-13(20-3)7-5-12/h4-8,11,16H,9H2,1-3H3,(H,18,19). The van der Waals surface area contributed by atoms with Crippen molar-refractivity contribution in [3.8, 4) is 5.75 Å². The number of nitrogens with zero attached hydrogens (tertiary/aromatic N) is 1. The smallest absolute Gasteiger partial charge is 0.238 e. The molecular weight excluding hydrogens is 286 g/mol. The van der Waals surface area contributed by atoms with Gasteiger partial charge in [-0.2, -0.15) is 0 Å². The van der Waals surface area contributed by atoms with Crippen LogP contribution in [0.3, 0.4) is 0 Å². The molecule has 0 bridgehead atoms. The van der Waals surface area contributed by atoms with Gasteiger partial charge in [-0.3, -0.25) is 10.1 Å². The number of aromatic nitrogens is 1. The Morgan fingerprint density at radius 1 is 1.38 bits per heavy atom. The van der Waals surface area contributed by atoms with E-state index in [1.54, 1.807) is 18.4 Å². The fourth-order valence-electron chi connectivity index (χ4n) is 1.78. The second-order valence-electron chi connectivity index (χ2n) is 4.69. The molecule has 2 aromatic rings. The molecule has 1 heterocycles. The lowest BCUT2D eigenvalue weighted by Crippen LogP contribution is -2.30. The molecule has 0 saturated heterocycles. The quantitative estimate of drug-likeness (QED) is 0.861. The molecule has 1 aromatic carbocycles. The van der Waals surface area contributed by atoms with Crippen molar-refractivity contribution in [3.63, 3.8) is 0 Å². The van der Waals surface area contributed by atoms with Gasteiger partial charge in [-0.05, 0) is 38.1 Å². The lowest BCUT2D eigenvalue weighted by molar-refractivity contribution is -0.115. The number of nitrogens with one attached hydrogen (secondary N) is 2. The second kappa shape index (κ2) is 7.19. The number of rotatable bonds is 6. The highest BCUT2D eigenvalue weighted by Gasteiger charge is 2.11. The normalized spacial score (nSPS) is 12.0. The van der Waals surface area contributed by atoms with Gasteiger partial charge in [0.25, 0.3) is 0 Å². The van der Waals surface area contributed by atoms with Crippen molar-refractivity contribution in [2.45, 2.75) is 19.9 Å². The molecule has 5 nitrogen and oxygen atoms in total. The third kappa shape index (κ3) is 4.54. The molecule has 0 aliphatic heterocycles. The number of benzene rings is 1. The van der Waals surface area contributed by atoms with Crippen molar-refractivity contribution in [3.05, 3.63) is 40.3 Å².